The summed E-state index contributed by atoms with van der Waals surface area (Å²) in [5, 5.41) is 3.71. The van der Waals surface area contributed by atoms with Gasteiger partial charge < -0.3 is 9.73 Å². The summed E-state index contributed by atoms with van der Waals surface area (Å²) in [7, 11) is 0. The van der Waals surface area contributed by atoms with Crippen LogP contribution < -0.4 is 5.32 Å². The predicted molar refractivity (Wildman–Crippen MR) is 79.2 cm³/mol. The monoisotopic (exact) mass is 264 g/mol. The third-order valence-electron chi connectivity index (χ3n) is 4.33. The average molecular weight is 264 g/mol. The molecule has 3 heteroatoms. The number of nitrogens with zero attached hydrogens (tertiary/aromatic N) is 1. The lowest BCUT2D eigenvalue weighted by Gasteiger charge is -2.45. The maximum atomic E-state index is 5.61. The fraction of sp³-hybridized carbons (Fsp3) is 0.750. The van der Waals surface area contributed by atoms with Crippen LogP contribution in [0.25, 0.3) is 0 Å². The van der Waals surface area contributed by atoms with Gasteiger partial charge in [-0.05, 0) is 31.4 Å². The van der Waals surface area contributed by atoms with E-state index in [1.54, 1.807) is 6.26 Å². The summed E-state index contributed by atoms with van der Waals surface area (Å²) < 4.78 is 5.61. The Bertz CT molecular complexity index is 361. The van der Waals surface area contributed by atoms with Gasteiger partial charge in [-0.3, -0.25) is 4.90 Å². The number of rotatable bonds is 5. The summed E-state index contributed by atoms with van der Waals surface area (Å²) in [6.07, 6.45) is 4.28. The van der Waals surface area contributed by atoms with E-state index >= 15 is 0 Å². The zero-order chi connectivity index (χ0) is 13.8. The van der Waals surface area contributed by atoms with Crippen molar-refractivity contribution in [2.75, 3.05) is 13.1 Å². The lowest BCUT2D eigenvalue weighted by molar-refractivity contribution is 0.0513. The van der Waals surface area contributed by atoms with Gasteiger partial charge in [0.05, 0.1) is 12.3 Å². The number of nitrogens with one attached hydrogen (secondary N) is 1. The van der Waals surface area contributed by atoms with Crippen molar-refractivity contribution >= 4 is 0 Å². The van der Waals surface area contributed by atoms with Gasteiger partial charge in [-0.25, -0.2) is 0 Å². The van der Waals surface area contributed by atoms with Gasteiger partial charge in [0.15, 0.2) is 0 Å². The summed E-state index contributed by atoms with van der Waals surface area (Å²) in [5.41, 5.74) is 0. The van der Waals surface area contributed by atoms with Crippen molar-refractivity contribution in [1.82, 2.24) is 10.2 Å². The molecule has 0 aliphatic carbocycles. The van der Waals surface area contributed by atoms with E-state index in [0.717, 1.165) is 18.8 Å². The van der Waals surface area contributed by atoms with Crippen LogP contribution in [0.15, 0.2) is 22.8 Å². The largest absolute Gasteiger partial charge is 0.468 e. The minimum atomic E-state index is 0.365. The second-order valence-corrected chi connectivity index (χ2v) is 6.09. The Kier molecular flexibility index (Phi) is 5.06. The molecule has 3 unspecified atom stereocenters. The number of furan rings is 1. The molecular formula is C16H28N2O. The van der Waals surface area contributed by atoms with Gasteiger partial charge in [0.1, 0.15) is 5.76 Å². The number of hydrogen-bond acceptors (Lipinski definition) is 3. The second kappa shape index (κ2) is 6.58. The van der Waals surface area contributed by atoms with E-state index in [9.17, 15) is 0 Å². The molecule has 1 aliphatic heterocycles. The van der Waals surface area contributed by atoms with Gasteiger partial charge in [-0.2, -0.15) is 0 Å². The standard InChI is InChI=1S/C16H28N2O/c1-5-7-14-11-18(15(10-17-14)12(2)3)13(4)16-8-6-9-19-16/h6,8-9,12-15,17H,5,7,10-11H2,1-4H3. The van der Waals surface area contributed by atoms with Crippen molar-refractivity contribution in [2.24, 2.45) is 5.92 Å². The van der Waals surface area contributed by atoms with Crippen LogP contribution in [0, 0.1) is 5.92 Å². The zero-order valence-electron chi connectivity index (χ0n) is 12.7. The molecule has 19 heavy (non-hydrogen) atoms. The molecule has 108 valence electrons. The van der Waals surface area contributed by atoms with E-state index in [1.165, 1.54) is 12.8 Å². The van der Waals surface area contributed by atoms with E-state index in [1.807, 2.05) is 6.07 Å². The normalized spacial score (nSPS) is 26.8. The van der Waals surface area contributed by atoms with Crippen LogP contribution in [0.4, 0.5) is 0 Å². The molecule has 2 heterocycles. The topological polar surface area (TPSA) is 28.4 Å². The molecule has 0 saturated carbocycles. The fourth-order valence-corrected chi connectivity index (χ4v) is 3.16. The van der Waals surface area contributed by atoms with E-state index < -0.39 is 0 Å². The third kappa shape index (κ3) is 3.40. The summed E-state index contributed by atoms with van der Waals surface area (Å²) >= 11 is 0. The summed E-state index contributed by atoms with van der Waals surface area (Å²) in [5.74, 6) is 1.75. The Labute approximate surface area is 117 Å². The van der Waals surface area contributed by atoms with Gasteiger partial charge >= 0.3 is 0 Å². The van der Waals surface area contributed by atoms with Crippen LogP contribution in [-0.4, -0.2) is 30.1 Å². The molecule has 0 spiro atoms. The fourth-order valence-electron chi connectivity index (χ4n) is 3.16. The van der Waals surface area contributed by atoms with Crippen LogP contribution in [0.2, 0.25) is 0 Å². The molecule has 1 saturated heterocycles. The van der Waals surface area contributed by atoms with Gasteiger partial charge in [-0.1, -0.05) is 27.2 Å². The molecule has 3 nitrogen and oxygen atoms in total. The van der Waals surface area contributed by atoms with Crippen LogP contribution >= 0.6 is 0 Å². The van der Waals surface area contributed by atoms with Crippen LogP contribution in [0.3, 0.4) is 0 Å². The number of piperazine rings is 1. The van der Waals surface area contributed by atoms with E-state index in [4.69, 9.17) is 4.42 Å². The predicted octanol–water partition coefficient (Wildman–Crippen LogP) is 3.44. The van der Waals surface area contributed by atoms with E-state index in [-0.39, 0.29) is 0 Å². The Hall–Kier alpha value is -0.800. The van der Waals surface area contributed by atoms with E-state index in [0.29, 0.717) is 24.0 Å². The summed E-state index contributed by atoms with van der Waals surface area (Å²) in [4.78, 5) is 2.63. The van der Waals surface area contributed by atoms with Crippen LogP contribution in [0.1, 0.15) is 52.3 Å². The Morgan fingerprint density at radius 3 is 2.79 bits per heavy atom. The highest BCUT2D eigenvalue weighted by atomic mass is 16.3. The van der Waals surface area contributed by atoms with Crippen molar-refractivity contribution in [2.45, 2.75) is 58.7 Å². The van der Waals surface area contributed by atoms with Gasteiger partial charge in [0.2, 0.25) is 0 Å². The first-order chi connectivity index (χ1) is 9.13. The molecule has 0 amide bonds. The Morgan fingerprint density at radius 1 is 1.42 bits per heavy atom. The minimum Gasteiger partial charge on any atom is -0.468 e. The SMILES string of the molecule is CCCC1CN(C(C)c2ccco2)C(C(C)C)CN1. The van der Waals surface area contributed by atoms with Gasteiger partial charge in [-0.15, -0.1) is 0 Å². The van der Waals surface area contributed by atoms with Gasteiger partial charge in [0, 0.05) is 25.2 Å². The Morgan fingerprint density at radius 2 is 2.21 bits per heavy atom. The van der Waals surface area contributed by atoms with Gasteiger partial charge in [0.25, 0.3) is 0 Å². The lowest BCUT2D eigenvalue weighted by Crippen LogP contribution is -2.58. The van der Waals surface area contributed by atoms with Crippen molar-refractivity contribution < 1.29 is 4.42 Å². The summed E-state index contributed by atoms with van der Waals surface area (Å²) in [6, 6.07) is 5.66. The number of hydrogen-bond donors (Lipinski definition) is 1. The third-order valence-corrected chi connectivity index (χ3v) is 4.33. The first-order valence-corrected chi connectivity index (χ1v) is 7.66. The van der Waals surface area contributed by atoms with Crippen molar-refractivity contribution in [3.8, 4) is 0 Å². The molecule has 1 N–H and O–H groups in total. The van der Waals surface area contributed by atoms with Crippen LogP contribution in [-0.2, 0) is 0 Å². The van der Waals surface area contributed by atoms with Crippen molar-refractivity contribution in [3.63, 3.8) is 0 Å². The molecule has 1 aromatic heterocycles. The van der Waals surface area contributed by atoms with Crippen molar-refractivity contribution in [3.05, 3.63) is 24.2 Å². The van der Waals surface area contributed by atoms with Crippen LogP contribution in [0.5, 0.6) is 0 Å². The minimum absolute atomic E-state index is 0.365. The molecule has 0 radical (unpaired) electrons. The molecule has 1 aliphatic rings. The van der Waals surface area contributed by atoms with E-state index in [2.05, 4.69) is 44.0 Å². The Balaban J connectivity index is 2.11. The second-order valence-electron chi connectivity index (χ2n) is 6.09. The summed E-state index contributed by atoms with van der Waals surface area (Å²) in [6.45, 7) is 11.4. The average Bonchev–Trinajstić information content (AvgIpc) is 2.91. The highest BCUT2D eigenvalue weighted by Crippen LogP contribution is 2.28. The van der Waals surface area contributed by atoms with Crippen molar-refractivity contribution in [1.29, 1.82) is 0 Å². The molecule has 1 fully saturated rings. The maximum Gasteiger partial charge on any atom is 0.120 e. The first-order valence-electron chi connectivity index (χ1n) is 7.66. The first kappa shape index (κ1) is 14.6. The lowest BCUT2D eigenvalue weighted by atomic mass is 9.95. The molecule has 3 atom stereocenters. The molecule has 0 bridgehead atoms. The quantitative estimate of drug-likeness (QED) is 0.883. The highest BCUT2D eigenvalue weighted by Gasteiger charge is 2.33. The molecule has 0 aromatic carbocycles. The molecular weight excluding hydrogens is 236 g/mol. The molecule has 2 rings (SSSR count). The smallest absolute Gasteiger partial charge is 0.120 e. The highest BCUT2D eigenvalue weighted by molar-refractivity contribution is 5.05. The maximum absolute atomic E-state index is 5.61. The molecule has 1 aromatic rings. The zero-order valence-corrected chi connectivity index (χ0v) is 12.7.